The van der Waals surface area contributed by atoms with Gasteiger partial charge in [-0.2, -0.15) is 0 Å². The van der Waals surface area contributed by atoms with E-state index in [-0.39, 0.29) is 17.5 Å². The Balaban J connectivity index is 1.34. The van der Waals surface area contributed by atoms with E-state index in [0.717, 1.165) is 49.2 Å². The molecule has 9 heteroatoms. The number of fused-ring (bicyclic) bond motifs is 1. The molecule has 0 bridgehead atoms. The normalized spacial score (nSPS) is 18.9. The van der Waals surface area contributed by atoms with Gasteiger partial charge in [-0.05, 0) is 55.4 Å². The molecule has 2 aliphatic rings. The summed E-state index contributed by atoms with van der Waals surface area (Å²) in [5.41, 5.74) is 2.58. The maximum atomic E-state index is 13.5. The molecular formula is C30H33ClN4O4. The SMILES string of the molecule is COc1ccccc1CC(=O)N1CCCCC2CN(c3ncc(C(=O)O)c(CCc4ccc(Cl)cc4)n3)CC21. The van der Waals surface area contributed by atoms with E-state index in [9.17, 15) is 14.7 Å². The highest BCUT2D eigenvalue weighted by molar-refractivity contribution is 6.30. The summed E-state index contributed by atoms with van der Waals surface area (Å²) in [6.45, 7) is 2.10. The molecule has 0 saturated carbocycles. The molecule has 0 radical (unpaired) electrons. The Morgan fingerprint density at radius 1 is 1.08 bits per heavy atom. The Labute approximate surface area is 233 Å². The first-order valence-corrected chi connectivity index (χ1v) is 13.8. The monoisotopic (exact) mass is 548 g/mol. The van der Waals surface area contributed by atoms with Crippen molar-refractivity contribution in [1.82, 2.24) is 14.9 Å². The quantitative estimate of drug-likeness (QED) is 0.436. The predicted molar refractivity (Wildman–Crippen MR) is 150 cm³/mol. The van der Waals surface area contributed by atoms with Crippen LogP contribution in [0.2, 0.25) is 5.02 Å². The second-order valence-electron chi connectivity index (χ2n) is 10.3. The van der Waals surface area contributed by atoms with Gasteiger partial charge in [-0.1, -0.05) is 48.4 Å². The largest absolute Gasteiger partial charge is 0.496 e. The topological polar surface area (TPSA) is 95.9 Å². The van der Waals surface area contributed by atoms with Crippen LogP contribution in [0.25, 0.3) is 0 Å². The molecule has 3 heterocycles. The molecule has 2 aliphatic heterocycles. The van der Waals surface area contributed by atoms with Gasteiger partial charge in [0.05, 0.1) is 30.8 Å². The number of carbonyl (C=O) groups is 2. The molecule has 2 fully saturated rings. The van der Waals surface area contributed by atoms with Gasteiger partial charge in [-0.3, -0.25) is 4.79 Å². The summed E-state index contributed by atoms with van der Waals surface area (Å²) >= 11 is 6.00. The maximum absolute atomic E-state index is 13.5. The maximum Gasteiger partial charge on any atom is 0.339 e. The third kappa shape index (κ3) is 6.17. The lowest BCUT2D eigenvalue weighted by atomic mass is 9.98. The van der Waals surface area contributed by atoms with Crippen molar-refractivity contribution in [3.63, 3.8) is 0 Å². The zero-order valence-corrected chi connectivity index (χ0v) is 22.8. The van der Waals surface area contributed by atoms with E-state index in [1.54, 1.807) is 7.11 Å². The number of amides is 1. The third-order valence-corrected chi connectivity index (χ3v) is 8.07. The van der Waals surface area contributed by atoms with Crippen LogP contribution in [0, 0.1) is 5.92 Å². The summed E-state index contributed by atoms with van der Waals surface area (Å²) in [6, 6.07) is 15.3. The minimum absolute atomic E-state index is 0.0648. The van der Waals surface area contributed by atoms with Gasteiger partial charge in [-0.25, -0.2) is 14.8 Å². The molecule has 204 valence electrons. The van der Waals surface area contributed by atoms with E-state index in [0.29, 0.717) is 48.4 Å². The molecule has 2 unspecified atom stereocenters. The molecule has 2 aromatic carbocycles. The van der Waals surface area contributed by atoms with Crippen LogP contribution >= 0.6 is 11.6 Å². The number of halogens is 1. The lowest BCUT2D eigenvalue weighted by molar-refractivity contribution is -0.132. The lowest BCUT2D eigenvalue weighted by Crippen LogP contribution is -2.45. The minimum Gasteiger partial charge on any atom is -0.496 e. The fourth-order valence-corrected chi connectivity index (χ4v) is 5.90. The van der Waals surface area contributed by atoms with Crippen molar-refractivity contribution in [3.05, 3.63) is 82.1 Å². The number of hydrogen-bond acceptors (Lipinski definition) is 6. The highest BCUT2D eigenvalue weighted by atomic mass is 35.5. The Kier molecular flexibility index (Phi) is 8.31. The summed E-state index contributed by atoms with van der Waals surface area (Å²) in [5.74, 6) is 0.630. The number of benzene rings is 2. The minimum atomic E-state index is -1.03. The van der Waals surface area contributed by atoms with Crippen LogP contribution < -0.4 is 9.64 Å². The van der Waals surface area contributed by atoms with Gasteiger partial charge < -0.3 is 19.6 Å². The number of methoxy groups -OCH3 is 1. The van der Waals surface area contributed by atoms with Crippen LogP contribution in [0.1, 0.15) is 46.4 Å². The van der Waals surface area contributed by atoms with Crippen molar-refractivity contribution in [2.45, 2.75) is 44.6 Å². The van der Waals surface area contributed by atoms with E-state index in [4.69, 9.17) is 21.3 Å². The number of aromatic nitrogens is 2. The molecule has 8 nitrogen and oxygen atoms in total. The van der Waals surface area contributed by atoms with E-state index in [2.05, 4.69) is 9.88 Å². The summed E-state index contributed by atoms with van der Waals surface area (Å²) in [7, 11) is 1.62. The fourth-order valence-electron chi connectivity index (χ4n) is 5.77. The van der Waals surface area contributed by atoms with Crippen molar-refractivity contribution in [2.24, 2.45) is 5.92 Å². The van der Waals surface area contributed by atoms with E-state index in [1.165, 1.54) is 6.20 Å². The Morgan fingerprint density at radius 2 is 1.87 bits per heavy atom. The standard InChI is InChI=1S/C30H33ClN4O4/c1-39-27-8-3-2-6-21(27)16-28(36)35-15-5-4-7-22-18-34(19-26(22)35)30-32-17-24(29(37)38)25(33-30)14-11-20-9-12-23(31)13-10-20/h2-3,6,8-10,12-13,17,22,26H,4-5,7,11,14-16,18-19H2,1H3,(H,37,38). The second kappa shape index (κ2) is 12.0. The smallest absolute Gasteiger partial charge is 0.339 e. The van der Waals surface area contributed by atoms with Crippen LogP contribution in [-0.2, 0) is 24.1 Å². The van der Waals surface area contributed by atoms with Crippen molar-refractivity contribution in [2.75, 3.05) is 31.6 Å². The van der Waals surface area contributed by atoms with Crippen molar-refractivity contribution < 1.29 is 19.4 Å². The molecule has 39 heavy (non-hydrogen) atoms. The number of hydrogen-bond donors (Lipinski definition) is 1. The van der Waals surface area contributed by atoms with E-state index >= 15 is 0 Å². The van der Waals surface area contributed by atoms with E-state index in [1.807, 2.05) is 53.4 Å². The first kappa shape index (κ1) is 26.9. The van der Waals surface area contributed by atoms with Gasteiger partial charge in [0.25, 0.3) is 0 Å². The summed E-state index contributed by atoms with van der Waals surface area (Å²) < 4.78 is 5.47. The van der Waals surface area contributed by atoms with Crippen molar-refractivity contribution in [3.8, 4) is 5.75 Å². The predicted octanol–water partition coefficient (Wildman–Crippen LogP) is 4.68. The van der Waals surface area contributed by atoms with Crippen LogP contribution in [0.5, 0.6) is 5.75 Å². The van der Waals surface area contributed by atoms with Gasteiger partial charge in [-0.15, -0.1) is 0 Å². The average Bonchev–Trinajstić information content (AvgIpc) is 3.26. The highest BCUT2D eigenvalue weighted by Crippen LogP contribution is 2.33. The molecular weight excluding hydrogens is 516 g/mol. The number of carboxylic acid groups (broad SMARTS) is 1. The zero-order chi connectivity index (χ0) is 27.4. The molecule has 0 aliphatic carbocycles. The number of aryl methyl sites for hydroxylation is 2. The molecule has 2 saturated heterocycles. The molecule has 5 rings (SSSR count). The molecule has 1 N–H and O–H groups in total. The van der Waals surface area contributed by atoms with Gasteiger partial charge in [0.1, 0.15) is 5.75 Å². The molecule has 1 aromatic heterocycles. The number of ether oxygens (including phenoxy) is 1. The summed E-state index contributed by atoms with van der Waals surface area (Å²) in [5, 5.41) is 10.4. The van der Waals surface area contributed by atoms with Crippen molar-refractivity contribution in [1.29, 1.82) is 0 Å². The Hall–Kier alpha value is -3.65. The molecule has 0 spiro atoms. The average molecular weight is 549 g/mol. The van der Waals surface area contributed by atoms with Crippen LogP contribution in [0.15, 0.2) is 54.7 Å². The molecule has 3 aromatic rings. The van der Waals surface area contributed by atoms with Crippen LogP contribution in [0.3, 0.4) is 0 Å². The van der Waals surface area contributed by atoms with Crippen LogP contribution in [0.4, 0.5) is 5.95 Å². The van der Waals surface area contributed by atoms with Gasteiger partial charge in [0, 0.05) is 36.4 Å². The number of carbonyl (C=O) groups excluding carboxylic acids is 1. The lowest BCUT2D eigenvalue weighted by Gasteiger charge is -2.30. The van der Waals surface area contributed by atoms with Crippen molar-refractivity contribution >= 4 is 29.4 Å². The first-order chi connectivity index (χ1) is 18.9. The number of rotatable bonds is 8. The Morgan fingerprint density at radius 3 is 2.64 bits per heavy atom. The highest BCUT2D eigenvalue weighted by Gasteiger charge is 2.40. The van der Waals surface area contributed by atoms with Gasteiger partial charge in [0.15, 0.2) is 0 Å². The number of carboxylic acids is 1. The number of para-hydroxylation sites is 1. The third-order valence-electron chi connectivity index (χ3n) is 7.82. The molecule has 1 amide bonds. The summed E-state index contributed by atoms with van der Waals surface area (Å²) in [4.78, 5) is 38.8. The number of likely N-dealkylation sites (tertiary alicyclic amines) is 1. The number of anilines is 1. The summed E-state index contributed by atoms with van der Waals surface area (Å²) in [6.07, 6.45) is 5.93. The van der Waals surface area contributed by atoms with E-state index < -0.39 is 5.97 Å². The fraction of sp³-hybridized carbons (Fsp3) is 0.400. The number of aromatic carboxylic acids is 1. The van der Waals surface area contributed by atoms with Crippen LogP contribution in [-0.4, -0.2) is 64.6 Å². The molecule has 2 atom stereocenters. The number of nitrogens with zero attached hydrogens (tertiary/aromatic N) is 4. The second-order valence-corrected chi connectivity index (χ2v) is 10.7. The zero-order valence-electron chi connectivity index (χ0n) is 22.1. The van der Waals surface area contributed by atoms with Gasteiger partial charge in [0.2, 0.25) is 11.9 Å². The van der Waals surface area contributed by atoms with Gasteiger partial charge >= 0.3 is 5.97 Å². The Bertz CT molecular complexity index is 1330. The first-order valence-electron chi connectivity index (χ1n) is 13.4.